The predicted octanol–water partition coefficient (Wildman–Crippen LogP) is 7.44. The summed E-state index contributed by atoms with van der Waals surface area (Å²) in [6.07, 6.45) is 10.5. The number of primary amides is 1. The summed E-state index contributed by atoms with van der Waals surface area (Å²) < 4.78 is 5.84. The number of amides is 2. The van der Waals surface area contributed by atoms with Crippen LogP contribution in [0.5, 0.6) is 5.75 Å². The van der Waals surface area contributed by atoms with E-state index in [4.69, 9.17) is 15.6 Å². The minimum Gasteiger partial charge on any atom is -0.494 e. The standard InChI is InChI=1S/C28H33N3O4.C9H13NOS/c1-2-3-4-5-6-17-35-25-14-12-22(13-15-25)24-18-30-28(31-19-24)23-10-7-21(8-11-23)9-16-26(32)29-20-27(33)34;1-9(2,3)7-5-4-6(12-7)8(10)11/h7-8,10-15,18-19H,2-6,9,16-17,20H2,1H3,(H,29,32)(H,33,34);4-5H,1-3H3,(H2,10,11). The third kappa shape index (κ3) is 13.0. The Morgan fingerprint density at radius 1 is 0.851 bits per heavy atom. The fraction of sp³-hybridized carbons (Fsp3) is 0.378. The lowest BCUT2D eigenvalue weighted by Crippen LogP contribution is -2.29. The van der Waals surface area contributed by atoms with Crippen molar-refractivity contribution in [3.63, 3.8) is 0 Å². The van der Waals surface area contributed by atoms with Crippen molar-refractivity contribution in [2.45, 2.75) is 78.1 Å². The zero-order chi connectivity index (χ0) is 34.2. The quantitative estimate of drug-likeness (QED) is 0.113. The number of aryl methyl sites for hydroxylation is 1. The highest BCUT2D eigenvalue weighted by Gasteiger charge is 2.17. The smallest absolute Gasteiger partial charge is 0.322 e. The summed E-state index contributed by atoms with van der Waals surface area (Å²) in [6, 6.07) is 19.5. The van der Waals surface area contributed by atoms with Crippen molar-refractivity contribution in [3.8, 4) is 28.3 Å². The van der Waals surface area contributed by atoms with Gasteiger partial charge in [0.1, 0.15) is 12.3 Å². The van der Waals surface area contributed by atoms with E-state index in [0.717, 1.165) is 41.0 Å². The number of unbranched alkanes of at least 4 members (excludes halogenated alkanes) is 4. The third-order valence-electron chi connectivity index (χ3n) is 7.23. The summed E-state index contributed by atoms with van der Waals surface area (Å²) in [6.45, 7) is 8.95. The SMILES string of the molecule is CC(C)(C)c1ccc(C(N)=O)s1.CCCCCCCOc1ccc(-c2cnc(-c3ccc(CCC(=O)NCC(=O)O)cc3)nc2)cc1. The molecule has 47 heavy (non-hydrogen) atoms. The number of rotatable bonds is 15. The molecule has 0 radical (unpaired) electrons. The molecular formula is C37H46N4O5S. The van der Waals surface area contributed by atoms with Crippen molar-refractivity contribution in [2.24, 2.45) is 5.73 Å². The van der Waals surface area contributed by atoms with Crippen LogP contribution < -0.4 is 15.8 Å². The van der Waals surface area contributed by atoms with Crippen LogP contribution in [-0.2, 0) is 21.4 Å². The van der Waals surface area contributed by atoms with Gasteiger partial charge in [-0.1, -0.05) is 89.8 Å². The molecule has 4 N–H and O–H groups in total. The van der Waals surface area contributed by atoms with Crippen LogP contribution in [0.2, 0.25) is 0 Å². The van der Waals surface area contributed by atoms with Gasteiger partial charge in [-0.2, -0.15) is 0 Å². The topological polar surface area (TPSA) is 144 Å². The average molecular weight is 659 g/mol. The van der Waals surface area contributed by atoms with Gasteiger partial charge >= 0.3 is 5.97 Å². The maximum absolute atomic E-state index is 11.7. The van der Waals surface area contributed by atoms with Gasteiger partial charge in [0, 0.05) is 34.8 Å². The van der Waals surface area contributed by atoms with Gasteiger partial charge in [0.25, 0.3) is 5.91 Å². The second-order valence-electron chi connectivity index (χ2n) is 12.2. The first-order chi connectivity index (χ1) is 22.5. The van der Waals surface area contributed by atoms with Crippen LogP contribution in [0.1, 0.15) is 86.3 Å². The Morgan fingerprint density at radius 2 is 1.49 bits per heavy atom. The summed E-state index contributed by atoms with van der Waals surface area (Å²) in [5.74, 6) is -0.167. The molecule has 0 aliphatic heterocycles. The minimum absolute atomic E-state index is 0.109. The summed E-state index contributed by atoms with van der Waals surface area (Å²) in [5.41, 5.74) is 9.09. The summed E-state index contributed by atoms with van der Waals surface area (Å²) in [7, 11) is 0. The van der Waals surface area contributed by atoms with Crippen LogP contribution in [0.15, 0.2) is 73.1 Å². The normalized spacial score (nSPS) is 10.9. The number of hydrogen-bond donors (Lipinski definition) is 3. The molecule has 4 rings (SSSR count). The van der Waals surface area contributed by atoms with Crippen molar-refractivity contribution < 1.29 is 24.2 Å². The van der Waals surface area contributed by atoms with Gasteiger partial charge in [0.05, 0.1) is 11.5 Å². The molecule has 2 aromatic carbocycles. The van der Waals surface area contributed by atoms with Crippen molar-refractivity contribution in [1.29, 1.82) is 0 Å². The van der Waals surface area contributed by atoms with E-state index in [-0.39, 0.29) is 30.2 Å². The molecule has 0 spiro atoms. The molecule has 0 atom stereocenters. The number of benzene rings is 2. The first-order valence-corrected chi connectivity index (χ1v) is 16.8. The second kappa shape index (κ2) is 18.5. The number of carboxylic acid groups (broad SMARTS) is 1. The highest BCUT2D eigenvalue weighted by atomic mass is 32.1. The number of aliphatic carboxylic acids is 1. The number of nitrogens with zero attached hydrogens (tertiary/aromatic N) is 2. The van der Waals surface area contributed by atoms with Crippen LogP contribution in [0.4, 0.5) is 0 Å². The first kappa shape index (κ1) is 36.9. The van der Waals surface area contributed by atoms with Crippen LogP contribution >= 0.6 is 11.3 Å². The van der Waals surface area contributed by atoms with Gasteiger partial charge in [-0.05, 0) is 53.6 Å². The summed E-state index contributed by atoms with van der Waals surface area (Å²) in [4.78, 5) is 43.8. The Balaban J connectivity index is 0.000000420. The van der Waals surface area contributed by atoms with E-state index in [1.165, 1.54) is 41.9 Å². The van der Waals surface area contributed by atoms with E-state index in [2.05, 4.69) is 43.0 Å². The molecule has 0 unspecified atom stereocenters. The Bertz CT molecular complexity index is 1560. The van der Waals surface area contributed by atoms with Gasteiger partial charge in [0.15, 0.2) is 5.82 Å². The fourth-order valence-corrected chi connectivity index (χ4v) is 5.40. The highest BCUT2D eigenvalue weighted by Crippen LogP contribution is 2.29. The van der Waals surface area contributed by atoms with Crippen LogP contribution in [0, 0.1) is 0 Å². The zero-order valence-corrected chi connectivity index (χ0v) is 28.6. The molecule has 2 amide bonds. The fourth-order valence-electron chi connectivity index (χ4n) is 4.48. The highest BCUT2D eigenvalue weighted by molar-refractivity contribution is 7.14. The predicted molar refractivity (Wildman–Crippen MR) is 188 cm³/mol. The third-order valence-corrected chi connectivity index (χ3v) is 8.76. The number of ether oxygens (including phenoxy) is 1. The molecule has 2 aromatic heterocycles. The van der Waals surface area contributed by atoms with Gasteiger partial charge < -0.3 is 20.9 Å². The largest absolute Gasteiger partial charge is 0.494 e. The van der Waals surface area contributed by atoms with Gasteiger partial charge in [0.2, 0.25) is 5.91 Å². The van der Waals surface area contributed by atoms with Crippen molar-refractivity contribution in [1.82, 2.24) is 15.3 Å². The Labute approximate surface area is 281 Å². The van der Waals surface area contributed by atoms with E-state index in [0.29, 0.717) is 17.1 Å². The summed E-state index contributed by atoms with van der Waals surface area (Å²) >= 11 is 1.47. The number of hydrogen-bond acceptors (Lipinski definition) is 7. The lowest BCUT2D eigenvalue weighted by Gasteiger charge is -2.14. The second-order valence-corrected chi connectivity index (χ2v) is 13.3. The molecule has 0 saturated heterocycles. The average Bonchev–Trinajstić information content (AvgIpc) is 3.58. The number of aromatic nitrogens is 2. The van der Waals surface area contributed by atoms with Crippen LogP contribution in [-0.4, -0.2) is 46.0 Å². The molecule has 0 saturated carbocycles. The lowest BCUT2D eigenvalue weighted by molar-refractivity contribution is -0.137. The Kier molecular flexibility index (Phi) is 14.6. The van der Waals surface area contributed by atoms with Crippen molar-refractivity contribution >= 4 is 29.1 Å². The molecule has 0 fully saturated rings. The molecule has 250 valence electrons. The Hall–Kier alpha value is -4.57. The van der Waals surface area contributed by atoms with E-state index >= 15 is 0 Å². The molecule has 0 aliphatic rings. The van der Waals surface area contributed by atoms with Crippen LogP contribution in [0.3, 0.4) is 0 Å². The van der Waals surface area contributed by atoms with E-state index in [1.54, 1.807) is 6.07 Å². The maximum atomic E-state index is 11.7. The molecule has 10 heteroatoms. The molecule has 0 bridgehead atoms. The minimum atomic E-state index is -1.05. The van der Waals surface area contributed by atoms with Crippen molar-refractivity contribution in [3.05, 3.63) is 88.4 Å². The molecule has 4 aromatic rings. The van der Waals surface area contributed by atoms with E-state index in [9.17, 15) is 14.4 Å². The van der Waals surface area contributed by atoms with Gasteiger partial charge in [-0.15, -0.1) is 11.3 Å². The van der Waals surface area contributed by atoms with Crippen molar-refractivity contribution in [2.75, 3.05) is 13.2 Å². The number of carbonyl (C=O) groups is 3. The summed E-state index contributed by atoms with van der Waals surface area (Å²) in [5, 5.41) is 11.0. The maximum Gasteiger partial charge on any atom is 0.322 e. The lowest BCUT2D eigenvalue weighted by atomic mass is 9.95. The zero-order valence-electron chi connectivity index (χ0n) is 27.8. The van der Waals surface area contributed by atoms with E-state index < -0.39 is 5.97 Å². The number of nitrogens with one attached hydrogen (secondary N) is 1. The number of carbonyl (C=O) groups excluding carboxylic acids is 2. The number of nitrogens with two attached hydrogens (primary N) is 1. The molecular weight excluding hydrogens is 612 g/mol. The molecule has 0 aliphatic carbocycles. The first-order valence-electron chi connectivity index (χ1n) is 16.0. The Morgan fingerprint density at radius 3 is 2.04 bits per heavy atom. The number of carboxylic acids is 1. The molecule has 9 nitrogen and oxygen atoms in total. The monoisotopic (exact) mass is 658 g/mol. The number of thiophene rings is 1. The van der Waals surface area contributed by atoms with Crippen LogP contribution in [0.25, 0.3) is 22.5 Å². The molecule has 2 heterocycles. The van der Waals surface area contributed by atoms with Gasteiger partial charge in [-0.3, -0.25) is 14.4 Å². The van der Waals surface area contributed by atoms with E-state index in [1.807, 2.05) is 67.0 Å². The van der Waals surface area contributed by atoms with Gasteiger partial charge in [-0.25, -0.2) is 9.97 Å².